The molecule has 0 aromatic heterocycles. The van der Waals surface area contributed by atoms with Gasteiger partial charge in [0.05, 0.1) is 18.8 Å². The van der Waals surface area contributed by atoms with Crippen molar-refractivity contribution in [1.29, 1.82) is 0 Å². The Balaban J connectivity index is -0.00000144. The number of aliphatic imine (C=N–C) groups is 1. The van der Waals surface area contributed by atoms with Crippen molar-refractivity contribution in [2.24, 2.45) is 10.7 Å². The quantitative estimate of drug-likeness (QED) is 0.322. The van der Waals surface area contributed by atoms with Crippen molar-refractivity contribution in [3.05, 3.63) is 47.8 Å². The SMILES string of the molecule is COCCN=C(N)Nc1c(S)cccc1-c1cccc(C)c1F.O.O.[HH].[HH]. The summed E-state index contributed by atoms with van der Waals surface area (Å²) < 4.78 is 19.4. The number of aryl methyl sites for hydroxylation is 1. The van der Waals surface area contributed by atoms with Crippen molar-refractivity contribution in [2.45, 2.75) is 11.8 Å². The zero-order chi connectivity index (χ0) is 16.8. The van der Waals surface area contributed by atoms with E-state index < -0.39 is 0 Å². The zero-order valence-corrected chi connectivity index (χ0v) is 15.0. The van der Waals surface area contributed by atoms with Gasteiger partial charge in [0.2, 0.25) is 0 Å². The number of rotatable bonds is 5. The van der Waals surface area contributed by atoms with Gasteiger partial charge in [-0.2, -0.15) is 0 Å². The summed E-state index contributed by atoms with van der Waals surface area (Å²) in [5, 5.41) is 3.01. The van der Waals surface area contributed by atoms with Crippen LogP contribution < -0.4 is 11.1 Å². The average molecular weight is 373 g/mol. The number of hydrogen-bond donors (Lipinski definition) is 3. The number of nitrogens with one attached hydrogen (secondary N) is 1. The molecule has 0 bridgehead atoms. The molecule has 0 radical (unpaired) electrons. The second-order valence-electron chi connectivity index (χ2n) is 5.02. The third-order valence-corrected chi connectivity index (χ3v) is 3.73. The van der Waals surface area contributed by atoms with Crippen LogP contribution in [-0.4, -0.2) is 37.2 Å². The van der Waals surface area contributed by atoms with Gasteiger partial charge in [-0.3, -0.25) is 4.99 Å². The molecule has 0 heterocycles. The van der Waals surface area contributed by atoms with E-state index in [1.54, 1.807) is 26.2 Å². The van der Waals surface area contributed by atoms with Gasteiger partial charge in [-0.15, -0.1) is 12.6 Å². The summed E-state index contributed by atoms with van der Waals surface area (Å²) in [6.07, 6.45) is 0. The number of guanidine groups is 1. The fourth-order valence-corrected chi connectivity index (χ4v) is 2.44. The molecule has 0 amide bonds. The van der Waals surface area contributed by atoms with Crippen LogP contribution in [0.1, 0.15) is 8.42 Å². The second kappa shape index (κ2) is 10.7. The number of benzene rings is 2. The molecule has 0 saturated heterocycles. The van der Waals surface area contributed by atoms with Crippen LogP contribution in [-0.2, 0) is 4.74 Å². The molecule has 0 saturated carbocycles. The van der Waals surface area contributed by atoms with Gasteiger partial charge in [0.15, 0.2) is 5.96 Å². The van der Waals surface area contributed by atoms with E-state index in [0.29, 0.717) is 40.4 Å². The Morgan fingerprint density at radius 2 is 1.88 bits per heavy atom. The number of nitrogens with two attached hydrogens (primary N) is 1. The average Bonchev–Trinajstić information content (AvgIpc) is 2.52. The monoisotopic (exact) mass is 373 g/mol. The summed E-state index contributed by atoms with van der Waals surface area (Å²) in [6.45, 7) is 2.65. The molecule has 0 unspecified atom stereocenters. The number of anilines is 1. The summed E-state index contributed by atoms with van der Waals surface area (Å²) in [7, 11) is 1.60. The minimum absolute atomic E-state index is 0. The van der Waals surface area contributed by atoms with Crippen molar-refractivity contribution >= 4 is 24.3 Å². The second-order valence-corrected chi connectivity index (χ2v) is 5.50. The number of ether oxygens (including phenoxy) is 1. The number of halogens is 1. The lowest BCUT2D eigenvalue weighted by Crippen LogP contribution is -2.24. The summed E-state index contributed by atoms with van der Waals surface area (Å²) in [6, 6.07) is 10.7. The Labute approximate surface area is 154 Å². The van der Waals surface area contributed by atoms with Crippen LogP contribution in [0.25, 0.3) is 11.1 Å². The Morgan fingerprint density at radius 1 is 1.24 bits per heavy atom. The van der Waals surface area contributed by atoms with Crippen molar-refractivity contribution in [2.75, 3.05) is 25.6 Å². The summed E-state index contributed by atoms with van der Waals surface area (Å²) in [4.78, 5) is 4.82. The van der Waals surface area contributed by atoms with Gasteiger partial charge in [0, 0.05) is 26.0 Å². The molecule has 2 rings (SSSR count). The molecular formula is C17H28FN3O3S. The highest BCUT2D eigenvalue weighted by atomic mass is 32.1. The fraction of sp³-hybridized carbons (Fsp3) is 0.235. The van der Waals surface area contributed by atoms with Crippen molar-refractivity contribution in [3.8, 4) is 11.1 Å². The number of hydrogen-bond acceptors (Lipinski definition) is 3. The van der Waals surface area contributed by atoms with E-state index in [9.17, 15) is 4.39 Å². The van der Waals surface area contributed by atoms with Crippen LogP contribution in [0.2, 0.25) is 0 Å². The Hall–Kier alpha value is -2.13. The van der Waals surface area contributed by atoms with Gasteiger partial charge in [-0.25, -0.2) is 4.39 Å². The minimum atomic E-state index is -0.260. The van der Waals surface area contributed by atoms with Crippen molar-refractivity contribution in [3.63, 3.8) is 0 Å². The molecule has 0 atom stereocenters. The van der Waals surface area contributed by atoms with E-state index in [-0.39, 0.29) is 25.6 Å². The largest absolute Gasteiger partial charge is 0.412 e. The molecule has 6 nitrogen and oxygen atoms in total. The molecule has 0 fully saturated rings. The van der Waals surface area contributed by atoms with Gasteiger partial charge < -0.3 is 26.7 Å². The van der Waals surface area contributed by atoms with Gasteiger partial charge in [-0.05, 0) is 18.6 Å². The van der Waals surface area contributed by atoms with E-state index in [1.807, 2.05) is 24.3 Å². The maximum atomic E-state index is 14.5. The highest BCUT2D eigenvalue weighted by molar-refractivity contribution is 7.80. The molecule has 0 spiro atoms. The zero-order valence-electron chi connectivity index (χ0n) is 14.1. The maximum absolute atomic E-state index is 14.5. The summed E-state index contributed by atoms with van der Waals surface area (Å²) >= 11 is 4.44. The summed E-state index contributed by atoms with van der Waals surface area (Å²) in [5.41, 5.74) is 8.27. The van der Waals surface area contributed by atoms with Gasteiger partial charge in [-0.1, -0.05) is 30.3 Å². The Kier molecular flexibility index (Phi) is 9.77. The predicted molar refractivity (Wildman–Crippen MR) is 107 cm³/mol. The van der Waals surface area contributed by atoms with E-state index in [4.69, 9.17) is 10.5 Å². The van der Waals surface area contributed by atoms with Crippen LogP contribution in [0, 0.1) is 12.7 Å². The molecule has 0 aliphatic carbocycles. The van der Waals surface area contributed by atoms with Crippen molar-refractivity contribution < 1.29 is 22.9 Å². The maximum Gasteiger partial charge on any atom is 0.193 e. The van der Waals surface area contributed by atoms with Crippen LogP contribution >= 0.6 is 12.6 Å². The number of nitrogens with zero attached hydrogens (tertiary/aromatic N) is 1. The Morgan fingerprint density at radius 3 is 2.56 bits per heavy atom. The van der Waals surface area contributed by atoms with Gasteiger partial charge in [0.25, 0.3) is 0 Å². The van der Waals surface area contributed by atoms with E-state index >= 15 is 0 Å². The third kappa shape index (κ3) is 5.71. The highest BCUT2D eigenvalue weighted by Crippen LogP contribution is 2.35. The van der Waals surface area contributed by atoms with Gasteiger partial charge in [0.1, 0.15) is 5.82 Å². The Bertz CT molecular complexity index is 737. The predicted octanol–water partition coefficient (Wildman–Crippen LogP) is 2.31. The molecule has 142 valence electrons. The van der Waals surface area contributed by atoms with Crippen LogP contribution in [0.3, 0.4) is 0 Å². The third-order valence-electron chi connectivity index (χ3n) is 3.36. The van der Waals surface area contributed by atoms with Crippen LogP contribution in [0.15, 0.2) is 46.3 Å². The van der Waals surface area contributed by atoms with E-state index in [0.717, 1.165) is 0 Å². The van der Waals surface area contributed by atoms with E-state index in [2.05, 4.69) is 22.9 Å². The topological polar surface area (TPSA) is 123 Å². The first-order valence-corrected chi connectivity index (χ1v) is 7.62. The van der Waals surface area contributed by atoms with E-state index in [1.165, 1.54) is 0 Å². The van der Waals surface area contributed by atoms with Crippen LogP contribution in [0.5, 0.6) is 0 Å². The number of para-hydroxylation sites is 1. The molecule has 25 heavy (non-hydrogen) atoms. The first-order chi connectivity index (χ1) is 11.0. The molecule has 7 N–H and O–H groups in total. The number of methoxy groups -OCH3 is 1. The first kappa shape index (κ1) is 22.9. The lowest BCUT2D eigenvalue weighted by atomic mass is 10.0. The van der Waals surface area contributed by atoms with Crippen LogP contribution in [0.4, 0.5) is 10.1 Å². The first-order valence-electron chi connectivity index (χ1n) is 7.18. The highest BCUT2D eigenvalue weighted by Gasteiger charge is 2.14. The smallest absolute Gasteiger partial charge is 0.193 e. The summed E-state index contributed by atoms with van der Waals surface area (Å²) in [5.74, 6) is -0.0257. The lowest BCUT2D eigenvalue weighted by molar-refractivity contribution is 0.208. The van der Waals surface area contributed by atoms with Crippen molar-refractivity contribution in [1.82, 2.24) is 0 Å². The molecule has 0 aliphatic heterocycles. The molecule has 2 aromatic rings. The van der Waals surface area contributed by atoms with Gasteiger partial charge >= 0.3 is 0 Å². The standard InChI is InChI=1S/C17H20FN3OS.2H2O.2H2/c1-11-5-3-6-12(15(11)18)13-7-4-8-14(23)16(13)21-17(19)20-9-10-22-2;;;;/h3-8,23H,9-10H2,1-2H3,(H3,19,20,21);2*1H2;2*1H. The number of thiol groups is 1. The fourth-order valence-electron chi connectivity index (χ4n) is 2.18. The normalized spacial score (nSPS) is 10.6. The lowest BCUT2D eigenvalue weighted by Gasteiger charge is -2.15. The molecule has 0 aliphatic rings. The minimum Gasteiger partial charge on any atom is -0.412 e. The molecule has 8 heteroatoms. The molecular weight excluding hydrogens is 345 g/mol. The molecule has 2 aromatic carbocycles.